The summed E-state index contributed by atoms with van der Waals surface area (Å²) in [6.45, 7) is 5.90. The first-order chi connectivity index (χ1) is 14.9. The molecule has 1 aromatic carbocycles. The second kappa shape index (κ2) is 9.61. The Balaban J connectivity index is 1.49. The van der Waals surface area contributed by atoms with Crippen molar-refractivity contribution in [2.24, 2.45) is 17.8 Å². The Labute approximate surface area is 183 Å². The Morgan fingerprint density at radius 3 is 2.65 bits per heavy atom. The van der Waals surface area contributed by atoms with Gasteiger partial charge in [0.05, 0.1) is 12.0 Å². The molecule has 1 aromatic rings. The quantitative estimate of drug-likeness (QED) is 0.668. The number of carboxylic acids is 1. The molecule has 1 aliphatic carbocycles. The van der Waals surface area contributed by atoms with Crippen molar-refractivity contribution in [2.45, 2.75) is 45.1 Å². The molecular weight excluding hydrogens is 395 g/mol. The third-order valence-corrected chi connectivity index (χ3v) is 7.15. The van der Waals surface area contributed by atoms with Crippen molar-refractivity contribution in [1.82, 2.24) is 9.80 Å². The van der Waals surface area contributed by atoms with Gasteiger partial charge >= 0.3 is 5.97 Å². The molecule has 6 heteroatoms. The van der Waals surface area contributed by atoms with Crippen LogP contribution < -0.4 is 0 Å². The molecule has 5 nitrogen and oxygen atoms in total. The van der Waals surface area contributed by atoms with Gasteiger partial charge in [-0.1, -0.05) is 36.8 Å². The normalized spacial score (nSPS) is 27.9. The van der Waals surface area contributed by atoms with Crippen molar-refractivity contribution in [1.29, 1.82) is 0 Å². The molecule has 2 heterocycles. The van der Waals surface area contributed by atoms with Crippen LogP contribution in [-0.2, 0) is 9.59 Å². The van der Waals surface area contributed by atoms with E-state index in [-0.39, 0.29) is 23.4 Å². The Morgan fingerprint density at radius 1 is 1.16 bits per heavy atom. The molecule has 31 heavy (non-hydrogen) atoms. The van der Waals surface area contributed by atoms with Crippen molar-refractivity contribution >= 4 is 11.8 Å². The van der Waals surface area contributed by atoms with Crippen LogP contribution in [0, 0.1) is 23.6 Å². The first-order valence-electron chi connectivity index (χ1n) is 11.6. The Morgan fingerprint density at radius 2 is 1.94 bits per heavy atom. The zero-order valence-electron chi connectivity index (χ0n) is 18.3. The molecular formula is C25H33FN2O3. The number of carboxylic acid groups (broad SMARTS) is 1. The number of Topliss-reactive ketones (excluding diaryl/α,β-unsaturated/α-hetero) is 1. The maximum Gasteiger partial charge on any atom is 0.307 e. The average Bonchev–Trinajstić information content (AvgIpc) is 3.61. The fourth-order valence-corrected chi connectivity index (χ4v) is 4.99. The molecule has 0 amide bonds. The maximum absolute atomic E-state index is 14.7. The van der Waals surface area contributed by atoms with Gasteiger partial charge in [-0.05, 0) is 50.6 Å². The molecule has 3 unspecified atom stereocenters. The van der Waals surface area contributed by atoms with Gasteiger partial charge in [0, 0.05) is 37.7 Å². The minimum atomic E-state index is -0.708. The predicted octanol–water partition coefficient (Wildman–Crippen LogP) is 3.91. The summed E-state index contributed by atoms with van der Waals surface area (Å²) in [6, 6.07) is 6.16. The van der Waals surface area contributed by atoms with Gasteiger partial charge in [0.2, 0.25) is 0 Å². The number of ketones is 1. The minimum absolute atomic E-state index is 0.0673. The molecule has 3 fully saturated rings. The molecule has 2 saturated heterocycles. The number of hydrogen-bond acceptors (Lipinski definition) is 4. The van der Waals surface area contributed by atoms with Crippen LogP contribution in [0.25, 0.3) is 0 Å². The third-order valence-electron chi connectivity index (χ3n) is 7.15. The van der Waals surface area contributed by atoms with E-state index < -0.39 is 12.0 Å². The topological polar surface area (TPSA) is 60.9 Å². The largest absolute Gasteiger partial charge is 0.481 e. The summed E-state index contributed by atoms with van der Waals surface area (Å²) in [6.07, 6.45) is 6.65. The van der Waals surface area contributed by atoms with E-state index >= 15 is 0 Å². The van der Waals surface area contributed by atoms with Gasteiger partial charge in [-0.15, -0.1) is 0 Å². The van der Waals surface area contributed by atoms with Crippen LogP contribution in [0.2, 0.25) is 0 Å². The number of likely N-dealkylation sites (tertiary alicyclic amines) is 2. The van der Waals surface area contributed by atoms with Crippen LogP contribution in [0.1, 0.15) is 50.6 Å². The summed E-state index contributed by atoms with van der Waals surface area (Å²) in [7, 11) is 0. The number of rotatable bonds is 7. The van der Waals surface area contributed by atoms with Gasteiger partial charge in [0.15, 0.2) is 5.78 Å². The molecule has 0 spiro atoms. The summed E-state index contributed by atoms with van der Waals surface area (Å²) in [5, 5.41) is 9.33. The fourth-order valence-electron chi connectivity index (χ4n) is 4.99. The first kappa shape index (κ1) is 22.2. The molecule has 3 aliphatic rings. The fraction of sp³-hybridized carbons (Fsp3) is 0.600. The van der Waals surface area contributed by atoms with Crippen molar-refractivity contribution in [3.05, 3.63) is 47.3 Å². The predicted molar refractivity (Wildman–Crippen MR) is 117 cm³/mol. The van der Waals surface area contributed by atoms with Gasteiger partial charge in [0.25, 0.3) is 0 Å². The molecule has 0 aromatic heterocycles. The lowest BCUT2D eigenvalue weighted by Gasteiger charge is -2.38. The molecule has 168 valence electrons. The van der Waals surface area contributed by atoms with Crippen LogP contribution in [0.15, 0.2) is 35.9 Å². The summed E-state index contributed by atoms with van der Waals surface area (Å²) >= 11 is 0. The van der Waals surface area contributed by atoms with Crippen molar-refractivity contribution < 1.29 is 19.1 Å². The molecule has 1 N–H and O–H groups in total. The number of carbonyl (C=O) groups is 2. The number of hydrogen-bond donors (Lipinski definition) is 1. The lowest BCUT2D eigenvalue weighted by atomic mass is 9.88. The smallest absolute Gasteiger partial charge is 0.307 e. The average molecular weight is 429 g/mol. The summed E-state index contributed by atoms with van der Waals surface area (Å²) in [4.78, 5) is 28.9. The van der Waals surface area contributed by atoms with E-state index in [9.17, 15) is 19.1 Å². The summed E-state index contributed by atoms with van der Waals surface area (Å²) in [5.74, 6) is -0.667. The van der Waals surface area contributed by atoms with Crippen molar-refractivity contribution in [3.63, 3.8) is 0 Å². The highest BCUT2D eigenvalue weighted by molar-refractivity contribution is 5.89. The molecule has 3 atom stereocenters. The van der Waals surface area contributed by atoms with Crippen LogP contribution in [-0.4, -0.2) is 59.4 Å². The second-order valence-electron chi connectivity index (χ2n) is 9.48. The van der Waals surface area contributed by atoms with Crippen LogP contribution in [0.4, 0.5) is 4.39 Å². The summed E-state index contributed by atoms with van der Waals surface area (Å²) < 4.78 is 14.7. The highest BCUT2D eigenvalue weighted by Crippen LogP contribution is 2.39. The number of carbonyl (C=O) groups excluding carboxylic acids is 1. The Bertz CT molecular complexity index is 851. The Hall–Kier alpha value is -2.05. The standard InChI is InChI=1S/C25H33FN2O3/c1-17-10-14-28(16-19(17)11-13-27-12-4-5-20(15-27)25(30)31)23(24(29)18-8-9-18)21-6-2-3-7-22(21)26/h2-3,6-7,11,17-18,20,23H,4-5,8-10,12-16H2,1H3,(H,30,31)/b19-11+. The number of benzene rings is 1. The highest BCUT2D eigenvalue weighted by Gasteiger charge is 2.40. The van der Waals surface area contributed by atoms with Crippen LogP contribution in [0.5, 0.6) is 0 Å². The van der Waals surface area contributed by atoms with Crippen molar-refractivity contribution in [3.8, 4) is 0 Å². The monoisotopic (exact) mass is 428 g/mol. The zero-order chi connectivity index (χ0) is 22.0. The maximum atomic E-state index is 14.7. The summed E-state index contributed by atoms with van der Waals surface area (Å²) in [5.41, 5.74) is 1.77. The minimum Gasteiger partial charge on any atom is -0.481 e. The van der Waals surface area contributed by atoms with Gasteiger partial charge in [-0.3, -0.25) is 19.4 Å². The zero-order valence-corrected chi connectivity index (χ0v) is 18.3. The lowest BCUT2D eigenvalue weighted by Crippen LogP contribution is -2.42. The van der Waals surface area contributed by atoms with Gasteiger partial charge in [0.1, 0.15) is 5.82 Å². The number of aliphatic carboxylic acids is 1. The molecule has 4 rings (SSSR count). The van der Waals surface area contributed by atoms with Gasteiger partial charge in [-0.2, -0.15) is 0 Å². The molecule has 0 radical (unpaired) electrons. The lowest BCUT2D eigenvalue weighted by molar-refractivity contribution is -0.143. The first-order valence-corrected chi connectivity index (χ1v) is 11.6. The molecule has 1 saturated carbocycles. The van der Waals surface area contributed by atoms with E-state index in [1.165, 1.54) is 11.6 Å². The number of halogens is 1. The van der Waals surface area contributed by atoms with Crippen LogP contribution in [0.3, 0.4) is 0 Å². The van der Waals surface area contributed by atoms with E-state index in [1.54, 1.807) is 12.1 Å². The van der Waals surface area contributed by atoms with Crippen molar-refractivity contribution in [2.75, 3.05) is 32.7 Å². The highest BCUT2D eigenvalue weighted by atomic mass is 19.1. The van der Waals surface area contributed by atoms with E-state index in [0.717, 1.165) is 51.7 Å². The Kier molecular flexibility index (Phi) is 6.87. The van der Waals surface area contributed by atoms with Gasteiger partial charge < -0.3 is 5.11 Å². The molecule has 0 bridgehead atoms. The SMILES string of the molecule is CC1CCN(C(C(=O)C2CC2)c2ccccc2F)C/C1=C\CN1CCCC(C(=O)O)C1. The number of nitrogens with zero attached hydrogens (tertiary/aromatic N) is 2. The van der Waals surface area contributed by atoms with E-state index in [0.29, 0.717) is 24.6 Å². The molecule has 2 aliphatic heterocycles. The third kappa shape index (κ3) is 5.24. The second-order valence-corrected chi connectivity index (χ2v) is 9.48. The van der Waals surface area contributed by atoms with E-state index in [4.69, 9.17) is 0 Å². The van der Waals surface area contributed by atoms with E-state index in [1.807, 2.05) is 6.07 Å². The van der Waals surface area contributed by atoms with Crippen LogP contribution >= 0.6 is 0 Å². The van der Waals surface area contributed by atoms with E-state index in [2.05, 4.69) is 22.8 Å². The number of piperidine rings is 2. The van der Waals surface area contributed by atoms with Gasteiger partial charge in [-0.25, -0.2) is 4.39 Å².